The van der Waals surface area contributed by atoms with E-state index in [2.05, 4.69) is 15.4 Å². The van der Waals surface area contributed by atoms with Gasteiger partial charge in [0.05, 0.1) is 24.6 Å². The minimum Gasteiger partial charge on any atom is -0.497 e. The molecule has 10 nitrogen and oxygen atoms in total. The van der Waals surface area contributed by atoms with Crippen molar-refractivity contribution in [2.45, 2.75) is 31.5 Å². The molecular formula is C29H25FN6O4. The Bertz CT molecular complexity index is 1560. The summed E-state index contributed by atoms with van der Waals surface area (Å²) in [5.74, 6) is -1.53. The fraction of sp³-hybridized carbons (Fsp3) is 0.241. The Morgan fingerprint density at radius 1 is 1.02 bits per heavy atom. The van der Waals surface area contributed by atoms with Crippen molar-refractivity contribution < 1.29 is 23.5 Å². The number of carbonyl (C=O) groups is 3. The number of halogens is 1. The van der Waals surface area contributed by atoms with Crippen LogP contribution in [0, 0.1) is 12.7 Å². The van der Waals surface area contributed by atoms with Crippen LogP contribution in [0.4, 0.5) is 10.1 Å². The molecule has 202 valence electrons. The maximum atomic E-state index is 13.8. The Kier molecular flexibility index (Phi) is 6.33. The second-order valence-corrected chi connectivity index (χ2v) is 9.83. The highest BCUT2D eigenvalue weighted by Gasteiger charge is 2.55. The topological polar surface area (TPSA) is 107 Å². The highest BCUT2D eigenvalue weighted by molar-refractivity contribution is 6.25. The van der Waals surface area contributed by atoms with Crippen LogP contribution in [0.2, 0.25) is 0 Å². The molecule has 3 amide bonds. The van der Waals surface area contributed by atoms with Gasteiger partial charge < -0.3 is 4.74 Å². The number of fused-ring (bicyclic) bond motifs is 1. The van der Waals surface area contributed by atoms with Gasteiger partial charge in [-0.1, -0.05) is 53.3 Å². The van der Waals surface area contributed by atoms with Crippen molar-refractivity contribution in [3.8, 4) is 5.75 Å². The lowest BCUT2D eigenvalue weighted by molar-refractivity contribution is -0.135. The van der Waals surface area contributed by atoms with E-state index >= 15 is 0 Å². The molecule has 6 rings (SSSR count). The number of hydrogen-bond acceptors (Lipinski definition) is 8. The average Bonchev–Trinajstić information content (AvgIpc) is 3.64. The van der Waals surface area contributed by atoms with Crippen molar-refractivity contribution in [2.75, 3.05) is 18.6 Å². The van der Waals surface area contributed by atoms with Gasteiger partial charge in [0, 0.05) is 6.42 Å². The lowest BCUT2D eigenvalue weighted by atomic mass is 9.98. The maximum absolute atomic E-state index is 13.8. The number of aryl methyl sites for hydroxylation is 1. The smallest absolute Gasteiger partial charge is 0.264 e. The number of rotatable bonds is 6. The standard InChI is InChI=1S/C29H25FN6O4/c1-17-6-8-18(9-7-17)23-15-24(19-10-12-22(40-2)13-11-19)36(32-23)25(37)16-34-27-26(31-33-34)28(38)35(29(27)39)21-5-3-4-20(30)14-21/h3-14,24,26-27H,15-16H2,1-2H3/t24-,26+,27+/m1/s1. The molecule has 0 N–H and O–H groups in total. The van der Waals surface area contributed by atoms with Crippen LogP contribution in [0.1, 0.15) is 29.2 Å². The molecule has 0 bridgehead atoms. The summed E-state index contributed by atoms with van der Waals surface area (Å²) in [6, 6.07) is 18.0. The van der Waals surface area contributed by atoms with Crippen LogP contribution < -0.4 is 9.64 Å². The Labute approximate surface area is 229 Å². The zero-order chi connectivity index (χ0) is 28.0. The van der Waals surface area contributed by atoms with Gasteiger partial charge in [0.2, 0.25) is 0 Å². The molecule has 3 aliphatic heterocycles. The van der Waals surface area contributed by atoms with Crippen molar-refractivity contribution in [1.29, 1.82) is 0 Å². The number of nitrogens with zero attached hydrogens (tertiary/aromatic N) is 6. The first-order valence-electron chi connectivity index (χ1n) is 12.8. The van der Waals surface area contributed by atoms with Crippen molar-refractivity contribution >= 4 is 29.1 Å². The fourth-order valence-electron chi connectivity index (χ4n) is 5.18. The zero-order valence-electron chi connectivity index (χ0n) is 21.8. The van der Waals surface area contributed by atoms with E-state index in [0.29, 0.717) is 12.2 Å². The third-order valence-electron chi connectivity index (χ3n) is 7.27. The predicted molar refractivity (Wildman–Crippen MR) is 143 cm³/mol. The molecule has 0 saturated carbocycles. The molecule has 0 unspecified atom stereocenters. The number of hydrazone groups is 1. The first-order chi connectivity index (χ1) is 19.3. The van der Waals surface area contributed by atoms with Crippen molar-refractivity contribution in [2.24, 2.45) is 15.4 Å². The molecule has 0 radical (unpaired) electrons. The van der Waals surface area contributed by atoms with E-state index in [0.717, 1.165) is 33.4 Å². The lowest BCUT2D eigenvalue weighted by Crippen LogP contribution is -2.44. The Morgan fingerprint density at radius 3 is 2.48 bits per heavy atom. The van der Waals surface area contributed by atoms with Crippen LogP contribution in [-0.2, 0) is 14.4 Å². The summed E-state index contributed by atoms with van der Waals surface area (Å²) in [4.78, 5) is 40.9. The molecular weight excluding hydrogens is 515 g/mol. The molecule has 0 aromatic heterocycles. The number of methoxy groups -OCH3 is 1. The van der Waals surface area contributed by atoms with E-state index in [1.165, 1.54) is 28.2 Å². The Balaban J connectivity index is 1.26. The van der Waals surface area contributed by atoms with Crippen LogP contribution in [0.15, 0.2) is 88.2 Å². The molecule has 3 aromatic rings. The third kappa shape index (κ3) is 4.39. The summed E-state index contributed by atoms with van der Waals surface area (Å²) >= 11 is 0. The lowest BCUT2D eigenvalue weighted by Gasteiger charge is -2.25. The number of hydrogen-bond donors (Lipinski definition) is 0. The maximum Gasteiger partial charge on any atom is 0.264 e. The third-order valence-corrected chi connectivity index (χ3v) is 7.27. The van der Waals surface area contributed by atoms with Crippen molar-refractivity contribution in [3.05, 3.63) is 95.3 Å². The molecule has 3 heterocycles. The Morgan fingerprint density at radius 2 is 1.77 bits per heavy atom. The summed E-state index contributed by atoms with van der Waals surface area (Å²) in [6.45, 7) is 1.68. The monoisotopic (exact) mass is 540 g/mol. The average molecular weight is 541 g/mol. The molecule has 1 fully saturated rings. The van der Waals surface area contributed by atoms with Crippen LogP contribution in [-0.4, -0.2) is 59.2 Å². The molecule has 0 aliphatic carbocycles. The van der Waals surface area contributed by atoms with Crippen LogP contribution in [0.5, 0.6) is 5.75 Å². The molecule has 40 heavy (non-hydrogen) atoms. The van der Waals surface area contributed by atoms with Crippen molar-refractivity contribution in [1.82, 2.24) is 10.0 Å². The van der Waals surface area contributed by atoms with Gasteiger partial charge in [0.1, 0.15) is 18.1 Å². The number of carbonyl (C=O) groups excluding carboxylic acids is 3. The Hall–Kier alpha value is -4.93. The molecule has 3 atom stereocenters. The van der Waals surface area contributed by atoms with E-state index in [9.17, 15) is 18.8 Å². The number of amides is 3. The summed E-state index contributed by atoms with van der Waals surface area (Å²) < 4.78 is 19.1. The minimum absolute atomic E-state index is 0.109. The van der Waals surface area contributed by atoms with Crippen LogP contribution >= 0.6 is 0 Å². The number of ether oxygens (including phenoxy) is 1. The van der Waals surface area contributed by atoms with Gasteiger partial charge >= 0.3 is 0 Å². The normalized spacial score (nSPS) is 21.7. The summed E-state index contributed by atoms with van der Waals surface area (Å²) in [5.41, 5.74) is 3.74. The van der Waals surface area contributed by atoms with Gasteiger partial charge in [0.25, 0.3) is 17.7 Å². The van der Waals surface area contributed by atoms with E-state index in [4.69, 9.17) is 4.74 Å². The number of benzene rings is 3. The molecule has 11 heteroatoms. The van der Waals surface area contributed by atoms with E-state index in [1.54, 1.807) is 7.11 Å². The van der Waals surface area contributed by atoms with Crippen LogP contribution in [0.25, 0.3) is 0 Å². The number of anilines is 1. The fourth-order valence-corrected chi connectivity index (χ4v) is 5.18. The van der Waals surface area contributed by atoms with Gasteiger partial charge in [-0.3, -0.25) is 19.4 Å². The summed E-state index contributed by atoms with van der Waals surface area (Å²) in [5, 5.41) is 15.3. The summed E-state index contributed by atoms with van der Waals surface area (Å²) in [7, 11) is 1.58. The van der Waals surface area contributed by atoms with Gasteiger partial charge in [-0.05, 0) is 48.4 Å². The molecule has 3 aliphatic rings. The minimum atomic E-state index is -1.11. The van der Waals surface area contributed by atoms with Gasteiger partial charge in [-0.2, -0.15) is 10.2 Å². The highest BCUT2D eigenvalue weighted by Crippen LogP contribution is 2.36. The second-order valence-electron chi connectivity index (χ2n) is 9.83. The molecule has 1 saturated heterocycles. The van der Waals surface area contributed by atoms with E-state index < -0.39 is 41.7 Å². The first kappa shape index (κ1) is 25.4. The van der Waals surface area contributed by atoms with E-state index in [1.807, 2.05) is 55.5 Å². The zero-order valence-corrected chi connectivity index (χ0v) is 21.8. The van der Waals surface area contributed by atoms with Crippen molar-refractivity contribution in [3.63, 3.8) is 0 Å². The summed E-state index contributed by atoms with van der Waals surface area (Å²) in [6.07, 6.45) is 0.486. The molecule has 0 spiro atoms. The highest BCUT2D eigenvalue weighted by atomic mass is 19.1. The van der Waals surface area contributed by atoms with Gasteiger partial charge in [-0.25, -0.2) is 14.3 Å². The first-order valence-corrected chi connectivity index (χ1v) is 12.8. The van der Waals surface area contributed by atoms with E-state index in [-0.39, 0.29) is 12.2 Å². The van der Waals surface area contributed by atoms with Gasteiger partial charge in [-0.15, -0.1) is 0 Å². The SMILES string of the molecule is COc1ccc([C@H]2CC(c3ccc(C)cc3)=NN2C(=O)CN2N=N[C@@H]3C(=O)N(c4cccc(F)c4)C(=O)[C@H]32)cc1. The predicted octanol–water partition coefficient (Wildman–Crippen LogP) is 3.81. The quantitative estimate of drug-likeness (QED) is 0.442. The van der Waals surface area contributed by atoms with Crippen LogP contribution in [0.3, 0.4) is 0 Å². The van der Waals surface area contributed by atoms with Gasteiger partial charge in [0.15, 0.2) is 12.1 Å². The number of imide groups is 1. The second kappa shape index (κ2) is 9.99. The molecule has 3 aromatic carbocycles. The largest absolute Gasteiger partial charge is 0.497 e.